The maximum absolute atomic E-state index is 12.0. The third kappa shape index (κ3) is 3.11. The zero-order chi connectivity index (χ0) is 14.7. The fraction of sp³-hybridized carbons (Fsp3) is 0.188. The van der Waals surface area contributed by atoms with Gasteiger partial charge in [0.25, 0.3) is 0 Å². The molecule has 0 bridgehead atoms. The number of halogens is 1. The summed E-state index contributed by atoms with van der Waals surface area (Å²) in [6.07, 6.45) is 0. The van der Waals surface area contributed by atoms with Gasteiger partial charge >= 0.3 is 5.97 Å². The third-order valence-electron chi connectivity index (χ3n) is 3.23. The number of benzene rings is 2. The largest absolute Gasteiger partial charge is 0.457 e. The van der Waals surface area contributed by atoms with E-state index in [1.54, 1.807) is 12.1 Å². The van der Waals surface area contributed by atoms with E-state index in [1.807, 2.05) is 32.0 Å². The van der Waals surface area contributed by atoms with Gasteiger partial charge in [-0.1, -0.05) is 29.8 Å². The van der Waals surface area contributed by atoms with Crippen LogP contribution in [0.3, 0.4) is 0 Å². The second-order valence-corrected chi connectivity index (χ2v) is 5.11. The maximum Gasteiger partial charge on any atom is 0.340 e. The molecule has 0 aliphatic heterocycles. The van der Waals surface area contributed by atoms with Gasteiger partial charge in [-0.3, -0.25) is 0 Å². The molecule has 104 valence electrons. The minimum atomic E-state index is -0.443. The fourth-order valence-electron chi connectivity index (χ4n) is 2.01. The average molecular weight is 290 g/mol. The lowest BCUT2D eigenvalue weighted by atomic mass is 10.0. The van der Waals surface area contributed by atoms with Crippen molar-refractivity contribution in [1.82, 2.24) is 0 Å². The van der Waals surface area contributed by atoms with Gasteiger partial charge < -0.3 is 10.5 Å². The molecular formula is C16H16ClNO2. The van der Waals surface area contributed by atoms with Crippen LogP contribution in [0.1, 0.15) is 27.0 Å². The van der Waals surface area contributed by atoms with Gasteiger partial charge in [0, 0.05) is 10.7 Å². The number of ether oxygens (including phenoxy) is 1. The van der Waals surface area contributed by atoms with Crippen molar-refractivity contribution in [3.8, 4) is 0 Å². The summed E-state index contributed by atoms with van der Waals surface area (Å²) in [7, 11) is 0. The Bertz CT molecular complexity index is 633. The van der Waals surface area contributed by atoms with Gasteiger partial charge in [-0.05, 0) is 48.7 Å². The first kappa shape index (κ1) is 14.4. The number of esters is 1. The molecule has 0 saturated carbocycles. The van der Waals surface area contributed by atoms with Crippen molar-refractivity contribution in [2.45, 2.75) is 20.5 Å². The van der Waals surface area contributed by atoms with Crippen LogP contribution in [0, 0.1) is 13.8 Å². The molecule has 2 aromatic rings. The van der Waals surface area contributed by atoms with Crippen molar-refractivity contribution in [1.29, 1.82) is 0 Å². The van der Waals surface area contributed by atoms with Gasteiger partial charge in [0.1, 0.15) is 6.61 Å². The van der Waals surface area contributed by atoms with Crippen molar-refractivity contribution in [2.75, 3.05) is 5.73 Å². The summed E-state index contributed by atoms with van der Waals surface area (Å²) < 4.78 is 5.33. The number of aryl methyl sites for hydroxylation is 2. The molecule has 0 heterocycles. The number of nitrogens with two attached hydrogens (primary N) is 1. The molecule has 0 amide bonds. The molecular weight excluding hydrogens is 274 g/mol. The quantitative estimate of drug-likeness (QED) is 0.689. The van der Waals surface area contributed by atoms with Crippen LogP contribution in [0.2, 0.25) is 5.02 Å². The Hall–Kier alpha value is -2.00. The molecule has 20 heavy (non-hydrogen) atoms. The van der Waals surface area contributed by atoms with E-state index in [2.05, 4.69) is 0 Å². The Morgan fingerprint density at radius 3 is 2.45 bits per heavy atom. The van der Waals surface area contributed by atoms with Gasteiger partial charge in [-0.25, -0.2) is 4.79 Å². The summed E-state index contributed by atoms with van der Waals surface area (Å²) in [4.78, 5) is 12.0. The number of hydrogen-bond acceptors (Lipinski definition) is 3. The predicted octanol–water partition coefficient (Wildman–Crippen LogP) is 3.90. The molecule has 0 aromatic heterocycles. The molecule has 0 radical (unpaired) electrons. The highest BCUT2D eigenvalue weighted by Gasteiger charge is 2.13. The van der Waals surface area contributed by atoms with Crippen molar-refractivity contribution in [3.05, 3.63) is 63.7 Å². The summed E-state index contributed by atoms with van der Waals surface area (Å²) in [6.45, 7) is 4.22. The van der Waals surface area contributed by atoms with E-state index in [0.29, 0.717) is 16.3 Å². The lowest BCUT2D eigenvalue weighted by Gasteiger charge is -2.11. The van der Waals surface area contributed by atoms with Crippen molar-refractivity contribution >= 4 is 23.3 Å². The Morgan fingerprint density at radius 1 is 1.20 bits per heavy atom. The molecule has 0 atom stereocenters. The fourth-order valence-corrected chi connectivity index (χ4v) is 2.19. The van der Waals surface area contributed by atoms with Crippen LogP contribution in [-0.4, -0.2) is 5.97 Å². The lowest BCUT2D eigenvalue weighted by molar-refractivity contribution is 0.0473. The van der Waals surface area contributed by atoms with Gasteiger partial charge in [0.05, 0.1) is 5.56 Å². The van der Waals surface area contributed by atoms with E-state index < -0.39 is 5.97 Å². The number of rotatable bonds is 3. The van der Waals surface area contributed by atoms with E-state index in [1.165, 1.54) is 6.07 Å². The molecule has 0 aliphatic carbocycles. The summed E-state index contributed by atoms with van der Waals surface area (Å²) >= 11 is 5.80. The minimum absolute atomic E-state index is 0.236. The summed E-state index contributed by atoms with van der Waals surface area (Å²) in [5, 5.41) is 0.494. The monoisotopic (exact) mass is 289 g/mol. The van der Waals surface area contributed by atoms with E-state index in [4.69, 9.17) is 22.1 Å². The molecule has 0 aliphatic rings. The second-order valence-electron chi connectivity index (χ2n) is 4.68. The highest BCUT2D eigenvalue weighted by Crippen LogP contribution is 2.20. The second kappa shape index (κ2) is 5.97. The van der Waals surface area contributed by atoms with E-state index in [0.717, 1.165) is 16.7 Å². The van der Waals surface area contributed by atoms with E-state index >= 15 is 0 Å². The molecule has 0 spiro atoms. The molecule has 2 aromatic carbocycles. The number of carbonyl (C=O) groups excluding carboxylic acids is 1. The maximum atomic E-state index is 12.0. The van der Waals surface area contributed by atoms with Crippen LogP contribution in [0.4, 0.5) is 5.69 Å². The van der Waals surface area contributed by atoms with Crippen molar-refractivity contribution < 1.29 is 9.53 Å². The Labute approximate surface area is 123 Å². The molecule has 4 heteroatoms. The molecule has 2 rings (SSSR count). The number of carbonyl (C=O) groups is 1. The van der Waals surface area contributed by atoms with Crippen molar-refractivity contribution in [3.63, 3.8) is 0 Å². The van der Waals surface area contributed by atoms with Gasteiger partial charge in [-0.15, -0.1) is 0 Å². The lowest BCUT2D eigenvalue weighted by Crippen LogP contribution is -2.09. The zero-order valence-corrected chi connectivity index (χ0v) is 12.2. The minimum Gasteiger partial charge on any atom is -0.457 e. The predicted molar refractivity (Wildman–Crippen MR) is 80.9 cm³/mol. The van der Waals surface area contributed by atoms with E-state index in [9.17, 15) is 4.79 Å². The Morgan fingerprint density at radius 2 is 1.85 bits per heavy atom. The summed E-state index contributed by atoms with van der Waals surface area (Å²) in [6, 6.07) is 10.7. The number of hydrogen-bond donors (Lipinski definition) is 1. The third-order valence-corrected chi connectivity index (χ3v) is 3.46. The first-order valence-corrected chi connectivity index (χ1v) is 6.64. The molecule has 0 fully saturated rings. The van der Waals surface area contributed by atoms with Crippen LogP contribution < -0.4 is 5.73 Å². The first-order valence-electron chi connectivity index (χ1n) is 6.26. The van der Waals surface area contributed by atoms with Crippen LogP contribution in [-0.2, 0) is 11.3 Å². The molecule has 0 saturated heterocycles. The Balaban J connectivity index is 2.13. The van der Waals surface area contributed by atoms with Gasteiger partial charge in [0.15, 0.2) is 0 Å². The van der Waals surface area contributed by atoms with Crippen LogP contribution in [0.5, 0.6) is 0 Å². The van der Waals surface area contributed by atoms with Crippen LogP contribution >= 0.6 is 11.6 Å². The first-order chi connectivity index (χ1) is 9.49. The summed E-state index contributed by atoms with van der Waals surface area (Å²) in [5.74, 6) is -0.443. The Kier molecular flexibility index (Phi) is 4.30. The van der Waals surface area contributed by atoms with Crippen molar-refractivity contribution in [2.24, 2.45) is 0 Å². The standard InChI is InChI=1S/C16H16ClNO2/c1-10-4-3-5-11(2)14(10)9-20-16(19)13-7-6-12(17)8-15(13)18/h3-8H,9,18H2,1-2H3. The number of anilines is 1. The molecule has 3 nitrogen and oxygen atoms in total. The zero-order valence-electron chi connectivity index (χ0n) is 11.4. The normalized spacial score (nSPS) is 10.3. The van der Waals surface area contributed by atoms with E-state index in [-0.39, 0.29) is 6.61 Å². The summed E-state index contributed by atoms with van der Waals surface area (Å²) in [5.41, 5.74) is 9.64. The topological polar surface area (TPSA) is 52.3 Å². The van der Waals surface area contributed by atoms with Crippen LogP contribution in [0.15, 0.2) is 36.4 Å². The average Bonchev–Trinajstić information content (AvgIpc) is 2.37. The molecule has 2 N–H and O–H groups in total. The van der Waals surface area contributed by atoms with Gasteiger partial charge in [-0.2, -0.15) is 0 Å². The highest BCUT2D eigenvalue weighted by molar-refractivity contribution is 6.31. The van der Waals surface area contributed by atoms with Gasteiger partial charge in [0.2, 0.25) is 0 Å². The molecule has 0 unspecified atom stereocenters. The number of nitrogen functional groups attached to an aromatic ring is 1. The van der Waals surface area contributed by atoms with Crippen LogP contribution in [0.25, 0.3) is 0 Å². The smallest absolute Gasteiger partial charge is 0.340 e. The SMILES string of the molecule is Cc1cccc(C)c1COC(=O)c1ccc(Cl)cc1N. The highest BCUT2D eigenvalue weighted by atomic mass is 35.5.